The molecule has 3 rings (SSSR count). The summed E-state index contributed by atoms with van der Waals surface area (Å²) in [4.78, 5) is 12.7. The van der Waals surface area contributed by atoms with Crippen molar-refractivity contribution in [3.63, 3.8) is 0 Å². The predicted molar refractivity (Wildman–Crippen MR) is 89.6 cm³/mol. The minimum absolute atomic E-state index is 0.104. The third-order valence-electron chi connectivity index (χ3n) is 4.04. The van der Waals surface area contributed by atoms with E-state index in [1.54, 1.807) is 30.0 Å². The number of hydrogen-bond acceptors (Lipinski definition) is 2. The fourth-order valence-corrected chi connectivity index (χ4v) is 2.67. The highest BCUT2D eigenvalue weighted by molar-refractivity contribution is 5.82. The summed E-state index contributed by atoms with van der Waals surface area (Å²) in [5.74, 6) is 0.523. The standard InChI is InChI=1S/C19H18FNO2/c1-3-14-10-17-15(11-18(14)20)8-9-21(19(17)22)12-13-4-6-16(23-2)7-5-13/h4-11H,3,12H2,1-2H3. The third kappa shape index (κ3) is 2.97. The third-order valence-corrected chi connectivity index (χ3v) is 4.04. The van der Waals surface area contributed by atoms with E-state index in [2.05, 4.69) is 0 Å². The van der Waals surface area contributed by atoms with Gasteiger partial charge >= 0.3 is 0 Å². The maximum Gasteiger partial charge on any atom is 0.258 e. The molecule has 0 N–H and O–H groups in total. The minimum atomic E-state index is -0.257. The Balaban J connectivity index is 2.02. The van der Waals surface area contributed by atoms with Crippen LogP contribution in [0.5, 0.6) is 5.75 Å². The van der Waals surface area contributed by atoms with E-state index in [-0.39, 0.29) is 11.4 Å². The molecule has 4 heteroatoms. The zero-order valence-corrected chi connectivity index (χ0v) is 13.2. The van der Waals surface area contributed by atoms with Crippen LogP contribution in [-0.4, -0.2) is 11.7 Å². The van der Waals surface area contributed by atoms with Crippen LogP contribution in [0.15, 0.2) is 53.5 Å². The van der Waals surface area contributed by atoms with Gasteiger partial charge in [-0.15, -0.1) is 0 Å². The average Bonchev–Trinajstić information content (AvgIpc) is 2.58. The first kappa shape index (κ1) is 15.3. The zero-order valence-electron chi connectivity index (χ0n) is 13.2. The number of ether oxygens (including phenoxy) is 1. The Morgan fingerprint density at radius 3 is 2.52 bits per heavy atom. The van der Waals surface area contributed by atoms with Crippen LogP contribution < -0.4 is 10.3 Å². The normalized spacial score (nSPS) is 10.9. The Labute approximate surface area is 134 Å². The van der Waals surface area contributed by atoms with Crippen molar-refractivity contribution in [1.82, 2.24) is 4.57 Å². The maximum absolute atomic E-state index is 13.8. The van der Waals surface area contributed by atoms with E-state index in [0.717, 1.165) is 11.3 Å². The molecule has 0 saturated carbocycles. The van der Waals surface area contributed by atoms with Crippen molar-refractivity contribution in [3.8, 4) is 5.75 Å². The second-order valence-corrected chi connectivity index (χ2v) is 5.48. The van der Waals surface area contributed by atoms with Gasteiger partial charge in [0.1, 0.15) is 11.6 Å². The Kier molecular flexibility index (Phi) is 4.15. The van der Waals surface area contributed by atoms with Crippen LogP contribution in [0.2, 0.25) is 0 Å². The van der Waals surface area contributed by atoms with Crippen LogP contribution >= 0.6 is 0 Å². The first-order chi connectivity index (χ1) is 11.1. The number of aromatic nitrogens is 1. The molecule has 1 heterocycles. The molecule has 0 aliphatic heterocycles. The number of benzene rings is 2. The number of nitrogens with zero attached hydrogens (tertiary/aromatic N) is 1. The summed E-state index contributed by atoms with van der Waals surface area (Å²) < 4.78 is 20.6. The van der Waals surface area contributed by atoms with Crippen LogP contribution in [0.4, 0.5) is 4.39 Å². The van der Waals surface area contributed by atoms with Crippen molar-refractivity contribution in [2.75, 3.05) is 7.11 Å². The number of aryl methyl sites for hydroxylation is 1. The van der Waals surface area contributed by atoms with E-state index in [0.29, 0.717) is 29.3 Å². The van der Waals surface area contributed by atoms with E-state index < -0.39 is 0 Å². The number of halogens is 1. The Bertz CT molecular complexity index is 898. The molecule has 0 bridgehead atoms. The molecule has 0 aliphatic rings. The molecule has 0 amide bonds. The van der Waals surface area contributed by atoms with Gasteiger partial charge in [-0.05, 0) is 53.3 Å². The quantitative estimate of drug-likeness (QED) is 0.734. The monoisotopic (exact) mass is 311 g/mol. The Morgan fingerprint density at radius 1 is 1.13 bits per heavy atom. The summed E-state index contributed by atoms with van der Waals surface area (Å²) in [5, 5.41) is 1.19. The van der Waals surface area contributed by atoms with E-state index in [1.165, 1.54) is 6.07 Å². The molecule has 0 fully saturated rings. The van der Waals surface area contributed by atoms with Crippen molar-refractivity contribution in [2.24, 2.45) is 0 Å². The summed E-state index contributed by atoms with van der Waals surface area (Å²) in [6.07, 6.45) is 2.27. The number of methoxy groups -OCH3 is 1. The van der Waals surface area contributed by atoms with Gasteiger partial charge in [-0.1, -0.05) is 19.1 Å². The molecule has 118 valence electrons. The van der Waals surface area contributed by atoms with Crippen LogP contribution in [-0.2, 0) is 13.0 Å². The number of fused-ring (bicyclic) bond motifs is 1. The highest BCUT2D eigenvalue weighted by Gasteiger charge is 2.08. The maximum atomic E-state index is 13.8. The molecule has 1 aromatic heterocycles. The Hall–Kier alpha value is -2.62. The van der Waals surface area contributed by atoms with Gasteiger partial charge in [-0.3, -0.25) is 4.79 Å². The van der Waals surface area contributed by atoms with Gasteiger partial charge in [0.05, 0.1) is 13.7 Å². The van der Waals surface area contributed by atoms with E-state index in [4.69, 9.17) is 4.74 Å². The second-order valence-electron chi connectivity index (χ2n) is 5.48. The topological polar surface area (TPSA) is 31.2 Å². The van der Waals surface area contributed by atoms with Crippen molar-refractivity contribution >= 4 is 10.8 Å². The molecule has 0 spiro atoms. The zero-order chi connectivity index (χ0) is 16.4. The molecule has 3 nitrogen and oxygen atoms in total. The van der Waals surface area contributed by atoms with Crippen molar-refractivity contribution in [1.29, 1.82) is 0 Å². The summed E-state index contributed by atoms with van der Waals surface area (Å²) in [7, 11) is 1.62. The van der Waals surface area contributed by atoms with Crippen molar-refractivity contribution < 1.29 is 9.13 Å². The molecule has 2 aromatic carbocycles. The summed E-state index contributed by atoms with van der Waals surface area (Å²) >= 11 is 0. The molecular formula is C19H18FNO2. The van der Waals surface area contributed by atoms with Crippen molar-refractivity contribution in [2.45, 2.75) is 19.9 Å². The van der Waals surface area contributed by atoms with Crippen molar-refractivity contribution in [3.05, 3.63) is 76.0 Å². The van der Waals surface area contributed by atoms with Gasteiger partial charge in [0.15, 0.2) is 0 Å². The number of pyridine rings is 1. The summed E-state index contributed by atoms with van der Waals surface area (Å²) in [6, 6.07) is 12.5. The number of hydrogen-bond donors (Lipinski definition) is 0. The Morgan fingerprint density at radius 2 is 1.87 bits per heavy atom. The molecule has 0 aliphatic carbocycles. The SMILES string of the molecule is CCc1cc2c(=O)n(Cc3ccc(OC)cc3)ccc2cc1F. The lowest BCUT2D eigenvalue weighted by Crippen LogP contribution is -2.20. The van der Waals surface area contributed by atoms with Gasteiger partial charge in [0.2, 0.25) is 0 Å². The van der Waals surface area contributed by atoms with Crippen LogP contribution in [0.1, 0.15) is 18.1 Å². The number of rotatable bonds is 4. The lowest BCUT2D eigenvalue weighted by atomic mass is 10.1. The first-order valence-electron chi connectivity index (χ1n) is 7.57. The first-order valence-corrected chi connectivity index (χ1v) is 7.57. The molecule has 0 saturated heterocycles. The van der Waals surface area contributed by atoms with Gasteiger partial charge in [-0.2, -0.15) is 0 Å². The molecule has 23 heavy (non-hydrogen) atoms. The van der Waals surface area contributed by atoms with Crippen LogP contribution in [0.3, 0.4) is 0 Å². The van der Waals surface area contributed by atoms with Gasteiger partial charge in [0, 0.05) is 11.6 Å². The predicted octanol–water partition coefficient (Wildman–Crippen LogP) is 3.76. The molecule has 3 aromatic rings. The van der Waals surface area contributed by atoms with Gasteiger partial charge < -0.3 is 9.30 Å². The largest absolute Gasteiger partial charge is 0.497 e. The lowest BCUT2D eigenvalue weighted by molar-refractivity contribution is 0.414. The fraction of sp³-hybridized carbons (Fsp3) is 0.211. The summed E-state index contributed by atoms with van der Waals surface area (Å²) in [6.45, 7) is 2.35. The van der Waals surface area contributed by atoms with Gasteiger partial charge in [0.25, 0.3) is 5.56 Å². The minimum Gasteiger partial charge on any atom is -0.497 e. The highest BCUT2D eigenvalue weighted by atomic mass is 19.1. The average molecular weight is 311 g/mol. The smallest absolute Gasteiger partial charge is 0.258 e. The highest BCUT2D eigenvalue weighted by Crippen LogP contribution is 2.18. The van der Waals surface area contributed by atoms with E-state index in [9.17, 15) is 9.18 Å². The lowest BCUT2D eigenvalue weighted by Gasteiger charge is -2.09. The second kappa shape index (κ2) is 6.24. The summed E-state index contributed by atoms with van der Waals surface area (Å²) in [5.41, 5.74) is 1.47. The van der Waals surface area contributed by atoms with E-state index in [1.807, 2.05) is 31.2 Å². The van der Waals surface area contributed by atoms with Gasteiger partial charge in [-0.25, -0.2) is 4.39 Å². The molecule has 0 radical (unpaired) electrons. The van der Waals surface area contributed by atoms with Crippen LogP contribution in [0.25, 0.3) is 10.8 Å². The van der Waals surface area contributed by atoms with Crippen LogP contribution in [0, 0.1) is 5.82 Å². The molecule has 0 atom stereocenters. The van der Waals surface area contributed by atoms with E-state index >= 15 is 0 Å². The molecular weight excluding hydrogens is 293 g/mol. The fourth-order valence-electron chi connectivity index (χ4n) is 2.67. The molecule has 0 unspecified atom stereocenters.